The summed E-state index contributed by atoms with van der Waals surface area (Å²) < 4.78 is 36.8. The lowest BCUT2D eigenvalue weighted by atomic mass is 10.2. The summed E-state index contributed by atoms with van der Waals surface area (Å²) in [7, 11) is 2.66. The molecule has 0 aliphatic carbocycles. The Kier molecular flexibility index (Phi) is 3.31. The maximum Gasteiger partial charge on any atom is 0.322 e. The molecule has 0 N–H and O–H groups in total. The predicted octanol–water partition coefficient (Wildman–Crippen LogP) is 1.83. The topological polar surface area (TPSA) is 57.1 Å². The summed E-state index contributed by atoms with van der Waals surface area (Å²) in [5.41, 5.74) is -0.350. The molecule has 0 amide bonds. The predicted molar refractivity (Wildman–Crippen MR) is 58.3 cm³/mol. The molecule has 2 rings (SSSR count). The van der Waals surface area contributed by atoms with Crippen molar-refractivity contribution in [3.63, 3.8) is 0 Å². The SMILES string of the molecule is COc1nc(OC)nc(-c2c(F)cccc2F)n1. The van der Waals surface area contributed by atoms with E-state index in [9.17, 15) is 8.78 Å². The fourth-order valence-electron chi connectivity index (χ4n) is 1.34. The minimum atomic E-state index is -0.773. The second-order valence-electron chi connectivity index (χ2n) is 3.23. The molecule has 0 aliphatic rings. The first kappa shape index (κ1) is 12.2. The van der Waals surface area contributed by atoms with Gasteiger partial charge in [0.2, 0.25) is 0 Å². The standard InChI is InChI=1S/C11H9F2N3O2/c1-17-10-14-9(15-11(16-10)18-2)8-6(12)4-3-5-7(8)13/h3-5H,1-2H3. The van der Waals surface area contributed by atoms with Gasteiger partial charge in [-0.25, -0.2) is 8.78 Å². The first-order valence-electron chi connectivity index (χ1n) is 4.94. The van der Waals surface area contributed by atoms with E-state index in [0.717, 1.165) is 12.1 Å². The van der Waals surface area contributed by atoms with Crippen molar-refractivity contribution in [1.82, 2.24) is 15.0 Å². The molecule has 0 aliphatic heterocycles. The number of rotatable bonds is 3. The summed E-state index contributed by atoms with van der Waals surface area (Å²) >= 11 is 0. The second kappa shape index (κ2) is 4.91. The van der Waals surface area contributed by atoms with Crippen molar-refractivity contribution in [2.45, 2.75) is 0 Å². The van der Waals surface area contributed by atoms with Gasteiger partial charge >= 0.3 is 12.0 Å². The Balaban J connectivity index is 2.63. The summed E-state index contributed by atoms with van der Waals surface area (Å²) in [6.07, 6.45) is 0. The van der Waals surface area contributed by atoms with E-state index in [1.807, 2.05) is 0 Å². The third kappa shape index (κ3) is 2.20. The zero-order valence-electron chi connectivity index (χ0n) is 9.65. The first-order valence-corrected chi connectivity index (χ1v) is 4.94. The molecule has 1 aromatic carbocycles. The third-order valence-electron chi connectivity index (χ3n) is 2.15. The van der Waals surface area contributed by atoms with Gasteiger partial charge in [0.1, 0.15) is 11.6 Å². The van der Waals surface area contributed by atoms with Crippen LogP contribution < -0.4 is 9.47 Å². The molecule has 0 saturated carbocycles. The van der Waals surface area contributed by atoms with Gasteiger partial charge in [0.25, 0.3) is 0 Å². The lowest BCUT2D eigenvalue weighted by Gasteiger charge is -2.06. The molecule has 0 fully saturated rings. The van der Waals surface area contributed by atoms with Gasteiger partial charge in [-0.2, -0.15) is 9.97 Å². The number of nitrogens with zero attached hydrogens (tertiary/aromatic N) is 3. The summed E-state index contributed by atoms with van der Waals surface area (Å²) in [6, 6.07) is 3.31. The maximum atomic E-state index is 13.6. The van der Waals surface area contributed by atoms with E-state index in [-0.39, 0.29) is 23.4 Å². The number of hydrogen-bond donors (Lipinski definition) is 0. The molecule has 0 spiro atoms. The smallest absolute Gasteiger partial charge is 0.322 e. The minimum absolute atomic E-state index is 0.0838. The van der Waals surface area contributed by atoms with Crippen molar-refractivity contribution >= 4 is 0 Å². The Morgan fingerprint density at radius 2 is 1.39 bits per heavy atom. The average molecular weight is 253 g/mol. The number of halogens is 2. The molecule has 1 heterocycles. The molecule has 2 aromatic rings. The van der Waals surface area contributed by atoms with Crippen molar-refractivity contribution in [3.8, 4) is 23.4 Å². The van der Waals surface area contributed by atoms with Gasteiger partial charge < -0.3 is 9.47 Å². The molecule has 5 nitrogen and oxygen atoms in total. The van der Waals surface area contributed by atoms with Crippen LogP contribution in [-0.2, 0) is 0 Å². The number of aromatic nitrogens is 3. The van der Waals surface area contributed by atoms with Crippen LogP contribution in [0.4, 0.5) is 8.78 Å². The summed E-state index contributed by atoms with van der Waals surface area (Å²) in [5, 5.41) is 0. The molecule has 7 heteroatoms. The highest BCUT2D eigenvalue weighted by Crippen LogP contribution is 2.25. The van der Waals surface area contributed by atoms with Gasteiger partial charge in [-0.15, -0.1) is 4.98 Å². The molecule has 0 radical (unpaired) electrons. The van der Waals surface area contributed by atoms with Crippen molar-refractivity contribution in [1.29, 1.82) is 0 Å². The van der Waals surface area contributed by atoms with Crippen molar-refractivity contribution < 1.29 is 18.3 Å². The first-order chi connectivity index (χ1) is 8.65. The maximum absolute atomic E-state index is 13.6. The Morgan fingerprint density at radius 1 is 0.889 bits per heavy atom. The van der Waals surface area contributed by atoms with E-state index in [1.54, 1.807) is 0 Å². The summed E-state index contributed by atoms with van der Waals surface area (Å²) in [6.45, 7) is 0. The van der Waals surface area contributed by atoms with E-state index < -0.39 is 11.6 Å². The van der Waals surface area contributed by atoms with E-state index >= 15 is 0 Å². The fourth-order valence-corrected chi connectivity index (χ4v) is 1.34. The zero-order chi connectivity index (χ0) is 13.1. The lowest BCUT2D eigenvalue weighted by molar-refractivity contribution is 0.340. The highest BCUT2D eigenvalue weighted by Gasteiger charge is 2.17. The molecular formula is C11H9F2N3O2. The van der Waals surface area contributed by atoms with Crippen LogP contribution in [0.2, 0.25) is 0 Å². The Bertz CT molecular complexity index is 536. The van der Waals surface area contributed by atoms with Crippen LogP contribution in [0, 0.1) is 11.6 Å². The van der Waals surface area contributed by atoms with E-state index in [1.165, 1.54) is 20.3 Å². The molecule has 18 heavy (non-hydrogen) atoms. The molecule has 0 unspecified atom stereocenters. The zero-order valence-corrected chi connectivity index (χ0v) is 9.65. The van der Waals surface area contributed by atoms with Gasteiger partial charge in [-0.05, 0) is 12.1 Å². The highest BCUT2D eigenvalue weighted by atomic mass is 19.1. The Morgan fingerprint density at radius 3 is 1.83 bits per heavy atom. The van der Waals surface area contributed by atoms with E-state index in [0.29, 0.717) is 0 Å². The van der Waals surface area contributed by atoms with Crippen molar-refractivity contribution in [3.05, 3.63) is 29.8 Å². The Labute approximate surface area is 101 Å². The number of benzene rings is 1. The van der Waals surface area contributed by atoms with Crippen LogP contribution in [0.25, 0.3) is 11.4 Å². The van der Waals surface area contributed by atoms with Crippen LogP contribution in [0.5, 0.6) is 12.0 Å². The molecule has 0 bridgehead atoms. The monoisotopic (exact) mass is 253 g/mol. The largest absolute Gasteiger partial charge is 0.467 e. The minimum Gasteiger partial charge on any atom is -0.467 e. The Hall–Kier alpha value is -2.31. The third-order valence-corrected chi connectivity index (χ3v) is 2.15. The number of methoxy groups -OCH3 is 2. The summed E-state index contributed by atoms with van der Waals surface area (Å²) in [4.78, 5) is 11.3. The van der Waals surface area contributed by atoms with E-state index in [4.69, 9.17) is 9.47 Å². The molecule has 94 valence electrons. The van der Waals surface area contributed by atoms with Crippen LogP contribution in [-0.4, -0.2) is 29.2 Å². The normalized spacial score (nSPS) is 10.2. The lowest BCUT2D eigenvalue weighted by Crippen LogP contribution is -2.03. The fraction of sp³-hybridized carbons (Fsp3) is 0.182. The van der Waals surface area contributed by atoms with Crippen LogP contribution in [0.3, 0.4) is 0 Å². The molecule has 0 atom stereocenters. The quantitative estimate of drug-likeness (QED) is 0.835. The molecule has 1 aromatic heterocycles. The van der Waals surface area contributed by atoms with Crippen molar-refractivity contribution in [2.75, 3.05) is 14.2 Å². The van der Waals surface area contributed by atoms with Gasteiger partial charge in [-0.3, -0.25) is 0 Å². The molecular weight excluding hydrogens is 244 g/mol. The highest BCUT2D eigenvalue weighted by molar-refractivity contribution is 5.57. The number of ether oxygens (including phenoxy) is 2. The van der Waals surface area contributed by atoms with Gasteiger partial charge in [0.05, 0.1) is 19.8 Å². The van der Waals surface area contributed by atoms with Gasteiger partial charge in [0.15, 0.2) is 5.82 Å². The van der Waals surface area contributed by atoms with Crippen LogP contribution in [0.15, 0.2) is 18.2 Å². The van der Waals surface area contributed by atoms with Gasteiger partial charge in [-0.1, -0.05) is 6.07 Å². The van der Waals surface area contributed by atoms with Crippen LogP contribution >= 0.6 is 0 Å². The average Bonchev–Trinajstić information content (AvgIpc) is 2.38. The molecule has 0 saturated heterocycles. The van der Waals surface area contributed by atoms with E-state index in [2.05, 4.69) is 15.0 Å². The number of hydrogen-bond acceptors (Lipinski definition) is 5. The van der Waals surface area contributed by atoms with Crippen LogP contribution in [0.1, 0.15) is 0 Å². The summed E-state index contributed by atoms with van der Waals surface area (Å²) in [5.74, 6) is -1.73. The van der Waals surface area contributed by atoms with Gasteiger partial charge in [0, 0.05) is 0 Å². The van der Waals surface area contributed by atoms with Crippen molar-refractivity contribution in [2.24, 2.45) is 0 Å². The second-order valence-corrected chi connectivity index (χ2v) is 3.23.